The van der Waals surface area contributed by atoms with Crippen molar-refractivity contribution in [3.63, 3.8) is 0 Å². The van der Waals surface area contributed by atoms with Gasteiger partial charge in [-0.1, -0.05) is 0 Å². The lowest BCUT2D eigenvalue weighted by Gasteiger charge is -2.42. The summed E-state index contributed by atoms with van der Waals surface area (Å²) in [6.45, 7) is 14.9. The number of piperazine rings is 1. The highest BCUT2D eigenvalue weighted by atomic mass is 32.1. The maximum atomic E-state index is 5.55. The van der Waals surface area contributed by atoms with Crippen LogP contribution in [0, 0.1) is 0 Å². The Morgan fingerprint density at radius 3 is 2.00 bits per heavy atom. The van der Waals surface area contributed by atoms with Crippen LogP contribution in [-0.2, 0) is 4.74 Å². The van der Waals surface area contributed by atoms with E-state index in [0.717, 1.165) is 26.2 Å². The summed E-state index contributed by atoms with van der Waals surface area (Å²) in [5.41, 5.74) is 0.257. The van der Waals surface area contributed by atoms with Gasteiger partial charge >= 0.3 is 0 Å². The molecular formula is C12H24N2OS. The Labute approximate surface area is 105 Å². The zero-order chi connectivity index (χ0) is 12.3. The molecule has 1 heterocycles. The van der Waals surface area contributed by atoms with Gasteiger partial charge < -0.3 is 9.64 Å². The van der Waals surface area contributed by atoms with E-state index in [1.807, 2.05) is 13.8 Å². The molecule has 0 aromatic heterocycles. The van der Waals surface area contributed by atoms with Gasteiger partial charge in [0.1, 0.15) is 0 Å². The third-order valence-corrected chi connectivity index (χ3v) is 3.18. The Morgan fingerprint density at radius 2 is 1.62 bits per heavy atom. The fraction of sp³-hybridized carbons (Fsp3) is 0.917. The fourth-order valence-electron chi connectivity index (χ4n) is 1.84. The minimum absolute atomic E-state index is 0.174. The van der Waals surface area contributed by atoms with E-state index in [2.05, 4.69) is 30.6 Å². The van der Waals surface area contributed by atoms with E-state index in [-0.39, 0.29) is 11.6 Å². The SMILES string of the molecule is CC(C)OC(=S)N1CCN(C(C)(C)C)CC1. The molecule has 0 atom stereocenters. The van der Waals surface area contributed by atoms with Crippen LogP contribution >= 0.6 is 12.2 Å². The zero-order valence-corrected chi connectivity index (χ0v) is 11.9. The molecule has 0 unspecified atom stereocenters. The molecule has 94 valence electrons. The summed E-state index contributed by atoms with van der Waals surface area (Å²) in [4.78, 5) is 4.65. The van der Waals surface area contributed by atoms with Gasteiger partial charge in [0.05, 0.1) is 6.10 Å². The lowest BCUT2D eigenvalue weighted by Crippen LogP contribution is -2.54. The highest BCUT2D eigenvalue weighted by Gasteiger charge is 2.27. The summed E-state index contributed by atoms with van der Waals surface area (Å²) < 4.78 is 5.55. The molecule has 4 heteroatoms. The highest BCUT2D eigenvalue weighted by molar-refractivity contribution is 7.80. The molecule has 0 amide bonds. The first-order chi connectivity index (χ1) is 7.30. The van der Waals surface area contributed by atoms with E-state index in [0.29, 0.717) is 5.17 Å². The molecule has 1 aliphatic rings. The van der Waals surface area contributed by atoms with Crippen LogP contribution in [0.5, 0.6) is 0 Å². The van der Waals surface area contributed by atoms with Gasteiger partial charge in [0.2, 0.25) is 0 Å². The van der Waals surface area contributed by atoms with E-state index in [1.165, 1.54) is 0 Å². The number of hydrogen-bond donors (Lipinski definition) is 0. The first-order valence-electron chi connectivity index (χ1n) is 6.01. The van der Waals surface area contributed by atoms with Crippen molar-refractivity contribution in [3.05, 3.63) is 0 Å². The monoisotopic (exact) mass is 244 g/mol. The Hall–Kier alpha value is -0.350. The molecule has 0 spiro atoms. The summed E-state index contributed by atoms with van der Waals surface area (Å²) in [6, 6.07) is 0. The van der Waals surface area contributed by atoms with Crippen molar-refractivity contribution in [2.24, 2.45) is 0 Å². The van der Waals surface area contributed by atoms with Crippen molar-refractivity contribution >= 4 is 17.4 Å². The number of rotatable bonds is 1. The summed E-state index contributed by atoms with van der Waals surface area (Å²) in [6.07, 6.45) is 0.174. The van der Waals surface area contributed by atoms with Crippen LogP contribution in [-0.4, -0.2) is 52.8 Å². The summed E-state index contributed by atoms with van der Waals surface area (Å²) in [5, 5.41) is 0.656. The molecule has 1 aliphatic heterocycles. The van der Waals surface area contributed by atoms with Gasteiger partial charge in [-0.2, -0.15) is 0 Å². The third-order valence-electron chi connectivity index (χ3n) is 2.82. The second-order valence-electron chi connectivity index (χ2n) is 5.58. The third kappa shape index (κ3) is 3.91. The fourth-order valence-corrected chi connectivity index (χ4v) is 2.21. The number of nitrogens with zero attached hydrogens (tertiary/aromatic N) is 2. The lowest BCUT2D eigenvalue weighted by atomic mass is 10.1. The minimum Gasteiger partial charge on any atom is -0.468 e. The molecule has 0 saturated carbocycles. The van der Waals surface area contributed by atoms with Crippen LogP contribution in [0.15, 0.2) is 0 Å². The van der Waals surface area contributed by atoms with E-state index in [4.69, 9.17) is 17.0 Å². The standard InChI is InChI=1S/C12H24N2OS/c1-10(2)15-11(16)13-6-8-14(9-7-13)12(3,4)5/h10H,6-9H2,1-5H3. The van der Waals surface area contributed by atoms with Gasteiger partial charge in [-0.05, 0) is 46.8 Å². The second kappa shape index (κ2) is 5.32. The van der Waals surface area contributed by atoms with Gasteiger partial charge in [0.25, 0.3) is 5.17 Å². The predicted molar refractivity (Wildman–Crippen MR) is 71.7 cm³/mol. The molecule has 0 aromatic carbocycles. The van der Waals surface area contributed by atoms with Crippen molar-refractivity contribution in [2.75, 3.05) is 26.2 Å². The first-order valence-corrected chi connectivity index (χ1v) is 6.42. The molecule has 1 rings (SSSR count). The molecule has 1 fully saturated rings. The average molecular weight is 244 g/mol. The lowest BCUT2D eigenvalue weighted by molar-refractivity contribution is 0.0742. The zero-order valence-electron chi connectivity index (χ0n) is 11.1. The largest absolute Gasteiger partial charge is 0.468 e. The predicted octanol–water partition coefficient (Wildman–Crippen LogP) is 2.11. The molecule has 0 aliphatic carbocycles. The summed E-state index contributed by atoms with van der Waals surface area (Å²) in [7, 11) is 0. The van der Waals surface area contributed by atoms with Gasteiger partial charge in [-0.3, -0.25) is 4.90 Å². The maximum Gasteiger partial charge on any atom is 0.259 e. The van der Waals surface area contributed by atoms with Gasteiger partial charge in [-0.25, -0.2) is 0 Å². The number of hydrogen-bond acceptors (Lipinski definition) is 3. The Bertz CT molecular complexity index is 240. The molecular weight excluding hydrogens is 220 g/mol. The first kappa shape index (κ1) is 13.7. The summed E-state index contributed by atoms with van der Waals surface area (Å²) >= 11 is 5.27. The Kier molecular flexibility index (Phi) is 4.56. The van der Waals surface area contributed by atoms with Crippen LogP contribution in [0.4, 0.5) is 0 Å². The van der Waals surface area contributed by atoms with Crippen molar-refractivity contribution in [2.45, 2.75) is 46.3 Å². The normalized spacial score (nSPS) is 19.0. The van der Waals surface area contributed by atoms with Crippen LogP contribution in [0.1, 0.15) is 34.6 Å². The van der Waals surface area contributed by atoms with E-state index < -0.39 is 0 Å². The van der Waals surface area contributed by atoms with E-state index in [9.17, 15) is 0 Å². The quantitative estimate of drug-likeness (QED) is 0.656. The van der Waals surface area contributed by atoms with Crippen molar-refractivity contribution in [3.8, 4) is 0 Å². The van der Waals surface area contributed by atoms with Crippen LogP contribution in [0.2, 0.25) is 0 Å². The maximum absolute atomic E-state index is 5.55. The van der Waals surface area contributed by atoms with E-state index >= 15 is 0 Å². The Morgan fingerprint density at radius 1 is 1.12 bits per heavy atom. The molecule has 0 aromatic rings. The smallest absolute Gasteiger partial charge is 0.259 e. The molecule has 16 heavy (non-hydrogen) atoms. The second-order valence-corrected chi connectivity index (χ2v) is 5.93. The van der Waals surface area contributed by atoms with Crippen LogP contribution in [0.25, 0.3) is 0 Å². The van der Waals surface area contributed by atoms with Gasteiger partial charge in [0, 0.05) is 31.7 Å². The number of thiocarbonyl (C=S) groups is 1. The topological polar surface area (TPSA) is 15.7 Å². The molecule has 0 N–H and O–H groups in total. The molecule has 1 saturated heterocycles. The van der Waals surface area contributed by atoms with Crippen molar-refractivity contribution in [1.29, 1.82) is 0 Å². The van der Waals surface area contributed by atoms with Gasteiger partial charge in [-0.15, -0.1) is 0 Å². The molecule has 3 nitrogen and oxygen atoms in total. The van der Waals surface area contributed by atoms with Crippen molar-refractivity contribution < 1.29 is 4.74 Å². The number of ether oxygens (including phenoxy) is 1. The van der Waals surface area contributed by atoms with Crippen LogP contribution in [0.3, 0.4) is 0 Å². The summed E-state index contributed by atoms with van der Waals surface area (Å²) in [5.74, 6) is 0. The molecule has 0 radical (unpaired) electrons. The Balaban J connectivity index is 2.40. The minimum atomic E-state index is 0.174. The highest BCUT2D eigenvalue weighted by Crippen LogP contribution is 2.16. The van der Waals surface area contributed by atoms with Crippen molar-refractivity contribution in [1.82, 2.24) is 9.80 Å². The van der Waals surface area contributed by atoms with Crippen LogP contribution < -0.4 is 0 Å². The molecule has 0 bridgehead atoms. The average Bonchev–Trinajstić information content (AvgIpc) is 2.15. The van der Waals surface area contributed by atoms with Gasteiger partial charge in [0.15, 0.2) is 0 Å². The van der Waals surface area contributed by atoms with E-state index in [1.54, 1.807) is 0 Å².